The van der Waals surface area contributed by atoms with Crippen molar-refractivity contribution in [3.63, 3.8) is 0 Å². The zero-order chi connectivity index (χ0) is 18.4. The van der Waals surface area contributed by atoms with Gasteiger partial charge >= 0.3 is 0 Å². The van der Waals surface area contributed by atoms with Crippen LogP contribution < -0.4 is 0 Å². The van der Waals surface area contributed by atoms with E-state index in [1.165, 1.54) is 0 Å². The number of fused-ring (bicyclic) bond motifs is 3. The standard InChI is InChI=1S/C21H19N3O2S/c25-27(26)20-4-3-16(17-2-1-7-23-11-17)10-18(20)19-13-24(14-21(19)27)12-15-5-8-22-9-6-15/h1-11,19,21H,12-14H2/t19-,21-/m1/s1. The summed E-state index contributed by atoms with van der Waals surface area (Å²) in [5.74, 6) is 0.0310. The molecule has 136 valence electrons. The van der Waals surface area contributed by atoms with Gasteiger partial charge < -0.3 is 0 Å². The SMILES string of the molecule is O=S1(=O)c2ccc(-c3cccnc3)cc2[C@H]2CN(Cc3ccncc3)C[C@H]21. The van der Waals surface area contributed by atoms with Crippen molar-refractivity contribution >= 4 is 9.84 Å². The van der Waals surface area contributed by atoms with Gasteiger partial charge in [0.1, 0.15) is 0 Å². The number of rotatable bonds is 3. The summed E-state index contributed by atoms with van der Waals surface area (Å²) in [6.07, 6.45) is 7.11. The molecule has 2 aromatic heterocycles. The van der Waals surface area contributed by atoms with Gasteiger partial charge in [0, 0.05) is 50.3 Å². The van der Waals surface area contributed by atoms with E-state index in [0.29, 0.717) is 11.4 Å². The minimum absolute atomic E-state index is 0.0310. The molecule has 1 fully saturated rings. The number of benzene rings is 1. The number of likely N-dealkylation sites (tertiary alicyclic amines) is 1. The van der Waals surface area contributed by atoms with Crippen LogP contribution >= 0.6 is 0 Å². The molecule has 2 aliphatic heterocycles. The van der Waals surface area contributed by atoms with Crippen LogP contribution in [0, 0.1) is 0 Å². The molecule has 3 aromatic rings. The van der Waals surface area contributed by atoms with E-state index < -0.39 is 9.84 Å². The van der Waals surface area contributed by atoms with E-state index in [-0.39, 0.29) is 11.2 Å². The molecule has 1 aromatic carbocycles. The van der Waals surface area contributed by atoms with Crippen LogP contribution in [-0.4, -0.2) is 41.6 Å². The second-order valence-electron chi connectivity index (χ2n) is 7.23. The van der Waals surface area contributed by atoms with E-state index >= 15 is 0 Å². The summed E-state index contributed by atoms with van der Waals surface area (Å²) in [4.78, 5) is 11.0. The topological polar surface area (TPSA) is 63.2 Å². The molecular weight excluding hydrogens is 358 g/mol. The van der Waals surface area contributed by atoms with Crippen LogP contribution in [-0.2, 0) is 16.4 Å². The molecule has 0 saturated carbocycles. The average molecular weight is 377 g/mol. The maximum Gasteiger partial charge on any atom is 0.183 e. The van der Waals surface area contributed by atoms with E-state index in [1.54, 1.807) is 24.7 Å². The van der Waals surface area contributed by atoms with Crippen LogP contribution in [0.2, 0.25) is 0 Å². The second-order valence-corrected chi connectivity index (χ2v) is 9.37. The van der Waals surface area contributed by atoms with Crippen LogP contribution in [0.4, 0.5) is 0 Å². The Bertz CT molecular complexity index is 1080. The normalized spacial score (nSPS) is 23.1. The first-order valence-corrected chi connectivity index (χ1v) is 10.6. The van der Waals surface area contributed by atoms with E-state index in [0.717, 1.165) is 35.3 Å². The van der Waals surface area contributed by atoms with E-state index in [1.807, 2.05) is 42.6 Å². The van der Waals surface area contributed by atoms with Crippen LogP contribution in [0.3, 0.4) is 0 Å². The molecule has 5 rings (SSSR count). The monoisotopic (exact) mass is 377 g/mol. The Morgan fingerprint density at radius 1 is 0.963 bits per heavy atom. The number of nitrogens with zero attached hydrogens (tertiary/aromatic N) is 3. The maximum absolute atomic E-state index is 13.1. The number of hydrogen-bond acceptors (Lipinski definition) is 5. The predicted molar refractivity (Wildman–Crippen MR) is 103 cm³/mol. The third-order valence-electron chi connectivity index (χ3n) is 5.61. The van der Waals surface area contributed by atoms with Gasteiger partial charge in [-0.1, -0.05) is 12.1 Å². The molecule has 0 bridgehead atoms. The minimum atomic E-state index is -3.28. The van der Waals surface area contributed by atoms with E-state index in [2.05, 4.69) is 14.9 Å². The first-order chi connectivity index (χ1) is 13.1. The molecule has 0 spiro atoms. The van der Waals surface area contributed by atoms with Crippen molar-refractivity contribution in [2.45, 2.75) is 22.6 Å². The molecule has 0 amide bonds. The second kappa shape index (κ2) is 6.25. The van der Waals surface area contributed by atoms with Crippen molar-refractivity contribution in [3.8, 4) is 11.1 Å². The highest BCUT2D eigenvalue weighted by atomic mass is 32.2. The number of sulfone groups is 1. The number of hydrogen-bond donors (Lipinski definition) is 0. The Hall–Kier alpha value is -2.57. The van der Waals surface area contributed by atoms with Crippen molar-refractivity contribution < 1.29 is 8.42 Å². The van der Waals surface area contributed by atoms with Gasteiger partial charge in [0.2, 0.25) is 0 Å². The molecule has 0 unspecified atom stereocenters. The summed E-state index contributed by atoms with van der Waals surface area (Å²) in [5, 5.41) is -0.349. The Balaban J connectivity index is 1.49. The molecule has 5 nitrogen and oxygen atoms in total. The Morgan fingerprint density at radius 3 is 2.59 bits per heavy atom. The van der Waals surface area contributed by atoms with E-state index in [9.17, 15) is 8.42 Å². The molecule has 2 atom stereocenters. The van der Waals surface area contributed by atoms with Crippen molar-refractivity contribution in [3.05, 3.63) is 78.4 Å². The summed E-state index contributed by atoms with van der Waals surface area (Å²) in [6, 6.07) is 13.6. The van der Waals surface area contributed by atoms with Gasteiger partial charge in [0.15, 0.2) is 9.84 Å². The number of pyridine rings is 2. The number of aromatic nitrogens is 2. The van der Waals surface area contributed by atoms with Gasteiger partial charge in [-0.2, -0.15) is 0 Å². The van der Waals surface area contributed by atoms with Gasteiger partial charge in [-0.3, -0.25) is 14.9 Å². The van der Waals surface area contributed by atoms with E-state index in [4.69, 9.17) is 0 Å². The smallest absolute Gasteiger partial charge is 0.183 e. The fraction of sp³-hybridized carbons (Fsp3) is 0.238. The third kappa shape index (κ3) is 2.76. The zero-order valence-corrected chi connectivity index (χ0v) is 15.5. The predicted octanol–water partition coefficient (Wildman–Crippen LogP) is 2.90. The maximum atomic E-state index is 13.1. The molecule has 2 aliphatic rings. The lowest BCUT2D eigenvalue weighted by atomic mass is 9.95. The lowest BCUT2D eigenvalue weighted by Gasteiger charge is -2.17. The molecule has 0 N–H and O–H groups in total. The van der Waals surface area contributed by atoms with Gasteiger partial charge in [0.25, 0.3) is 0 Å². The molecule has 1 saturated heterocycles. The van der Waals surface area contributed by atoms with Gasteiger partial charge in [-0.05, 0) is 52.6 Å². The fourth-order valence-corrected chi connectivity index (χ4v) is 6.51. The first kappa shape index (κ1) is 16.6. The summed E-state index contributed by atoms with van der Waals surface area (Å²) in [6.45, 7) is 2.09. The molecular formula is C21H19N3O2S. The van der Waals surface area contributed by atoms with Crippen LogP contribution in [0.1, 0.15) is 17.0 Å². The highest BCUT2D eigenvalue weighted by Gasteiger charge is 2.50. The molecule has 4 heterocycles. The lowest BCUT2D eigenvalue weighted by molar-refractivity contribution is 0.325. The van der Waals surface area contributed by atoms with Crippen LogP contribution in [0.15, 0.2) is 72.1 Å². The Labute approximate surface area is 158 Å². The van der Waals surface area contributed by atoms with Gasteiger partial charge in [0.05, 0.1) is 10.1 Å². The largest absolute Gasteiger partial charge is 0.297 e. The summed E-state index contributed by atoms with van der Waals surface area (Å²) in [7, 11) is -3.28. The third-order valence-corrected chi connectivity index (χ3v) is 7.87. The molecule has 0 radical (unpaired) electrons. The van der Waals surface area contributed by atoms with Gasteiger partial charge in [-0.15, -0.1) is 0 Å². The summed E-state index contributed by atoms with van der Waals surface area (Å²) >= 11 is 0. The quantitative estimate of drug-likeness (QED) is 0.702. The highest BCUT2D eigenvalue weighted by Crippen LogP contribution is 2.46. The molecule has 0 aliphatic carbocycles. The van der Waals surface area contributed by atoms with Crippen LogP contribution in [0.5, 0.6) is 0 Å². The first-order valence-electron chi connectivity index (χ1n) is 9.02. The molecule has 27 heavy (non-hydrogen) atoms. The fourth-order valence-electron chi connectivity index (χ4n) is 4.31. The van der Waals surface area contributed by atoms with Crippen molar-refractivity contribution in [1.82, 2.24) is 14.9 Å². The minimum Gasteiger partial charge on any atom is -0.297 e. The van der Waals surface area contributed by atoms with Crippen molar-refractivity contribution in [1.29, 1.82) is 0 Å². The zero-order valence-electron chi connectivity index (χ0n) is 14.7. The summed E-state index contributed by atoms with van der Waals surface area (Å²) in [5.41, 5.74) is 4.14. The van der Waals surface area contributed by atoms with Gasteiger partial charge in [-0.25, -0.2) is 8.42 Å². The average Bonchev–Trinajstić information content (AvgIpc) is 3.21. The lowest BCUT2D eigenvalue weighted by Crippen LogP contribution is -2.25. The Kier molecular flexibility index (Phi) is 3.84. The summed E-state index contributed by atoms with van der Waals surface area (Å²) < 4.78 is 26.1. The van der Waals surface area contributed by atoms with Crippen molar-refractivity contribution in [2.75, 3.05) is 13.1 Å². The van der Waals surface area contributed by atoms with Crippen LogP contribution in [0.25, 0.3) is 11.1 Å². The van der Waals surface area contributed by atoms with Crippen molar-refractivity contribution in [2.24, 2.45) is 0 Å². The highest BCUT2D eigenvalue weighted by molar-refractivity contribution is 7.92. The Morgan fingerprint density at radius 2 is 1.81 bits per heavy atom. The molecule has 6 heteroatoms.